The first kappa shape index (κ1) is 14.5. The van der Waals surface area contributed by atoms with Crippen molar-refractivity contribution < 1.29 is 0 Å². The van der Waals surface area contributed by atoms with Crippen LogP contribution in [-0.2, 0) is 13.1 Å². The summed E-state index contributed by atoms with van der Waals surface area (Å²) < 4.78 is 0. The molecule has 0 amide bonds. The monoisotopic (exact) mass is 288 g/mol. The van der Waals surface area contributed by atoms with E-state index in [2.05, 4.69) is 9.88 Å². The van der Waals surface area contributed by atoms with Crippen molar-refractivity contribution in [2.24, 2.45) is 5.73 Å². The molecule has 0 radical (unpaired) electrons. The maximum atomic E-state index is 7.41. The molecule has 0 saturated heterocycles. The van der Waals surface area contributed by atoms with Gasteiger partial charge in [0.2, 0.25) is 0 Å². The average molecular weight is 289 g/mol. The standard InChI is InChI=1S/C15H17ClN4/c1-20(10-12-4-2-3-5-13(12)16)9-11-6-7-19-14(8-11)15(17)18/h2-8H,9-10H2,1H3,(H3,17,18). The zero-order chi connectivity index (χ0) is 14.5. The van der Waals surface area contributed by atoms with Crippen molar-refractivity contribution in [1.29, 1.82) is 5.41 Å². The highest BCUT2D eigenvalue weighted by molar-refractivity contribution is 6.31. The quantitative estimate of drug-likeness (QED) is 0.656. The molecule has 5 heteroatoms. The van der Waals surface area contributed by atoms with Crippen LogP contribution in [0.1, 0.15) is 16.8 Å². The van der Waals surface area contributed by atoms with Crippen LogP contribution in [0, 0.1) is 5.41 Å². The summed E-state index contributed by atoms with van der Waals surface area (Å²) in [4.78, 5) is 6.21. The zero-order valence-corrected chi connectivity index (χ0v) is 12.1. The lowest BCUT2D eigenvalue weighted by molar-refractivity contribution is 0.319. The molecule has 1 aromatic carbocycles. The smallest absolute Gasteiger partial charge is 0.141 e. The molecular formula is C15H17ClN4. The van der Waals surface area contributed by atoms with Crippen LogP contribution >= 0.6 is 11.6 Å². The third kappa shape index (κ3) is 3.79. The molecule has 0 bridgehead atoms. The Morgan fingerprint density at radius 1 is 1.30 bits per heavy atom. The lowest BCUT2D eigenvalue weighted by Crippen LogP contribution is -2.19. The highest BCUT2D eigenvalue weighted by Gasteiger charge is 2.06. The number of nitrogens with two attached hydrogens (primary N) is 1. The minimum Gasteiger partial charge on any atom is -0.382 e. The highest BCUT2D eigenvalue weighted by Crippen LogP contribution is 2.17. The van der Waals surface area contributed by atoms with E-state index >= 15 is 0 Å². The summed E-state index contributed by atoms with van der Waals surface area (Å²) in [5, 5.41) is 8.18. The molecule has 0 unspecified atom stereocenters. The molecule has 3 N–H and O–H groups in total. The van der Waals surface area contributed by atoms with Crippen LogP contribution in [0.2, 0.25) is 5.02 Å². The fourth-order valence-corrected chi connectivity index (χ4v) is 2.20. The Labute approximate surface area is 123 Å². The molecule has 0 saturated carbocycles. The van der Waals surface area contributed by atoms with Crippen molar-refractivity contribution >= 4 is 17.4 Å². The molecule has 0 aliphatic rings. The fourth-order valence-electron chi connectivity index (χ4n) is 2.00. The molecule has 4 nitrogen and oxygen atoms in total. The number of nitrogens with one attached hydrogen (secondary N) is 1. The number of benzene rings is 1. The van der Waals surface area contributed by atoms with E-state index in [1.165, 1.54) is 0 Å². The number of nitrogens with zero attached hydrogens (tertiary/aromatic N) is 2. The first-order valence-electron chi connectivity index (χ1n) is 6.27. The van der Waals surface area contributed by atoms with Gasteiger partial charge in [-0.25, -0.2) is 0 Å². The fraction of sp³-hybridized carbons (Fsp3) is 0.200. The number of halogens is 1. The van der Waals surface area contributed by atoms with Crippen molar-refractivity contribution in [3.05, 3.63) is 64.4 Å². The van der Waals surface area contributed by atoms with Crippen LogP contribution in [-0.4, -0.2) is 22.8 Å². The van der Waals surface area contributed by atoms with Crippen LogP contribution in [0.15, 0.2) is 42.6 Å². The predicted octanol–water partition coefficient (Wildman–Crippen LogP) is 2.65. The van der Waals surface area contributed by atoms with E-state index in [0.29, 0.717) is 5.69 Å². The summed E-state index contributed by atoms with van der Waals surface area (Å²) >= 11 is 6.16. The van der Waals surface area contributed by atoms with E-state index in [9.17, 15) is 0 Å². The van der Waals surface area contributed by atoms with E-state index in [0.717, 1.165) is 29.2 Å². The second-order valence-electron chi connectivity index (χ2n) is 4.73. The van der Waals surface area contributed by atoms with Crippen LogP contribution in [0.4, 0.5) is 0 Å². The Bertz CT molecular complexity index is 612. The maximum absolute atomic E-state index is 7.41. The van der Waals surface area contributed by atoms with Gasteiger partial charge in [-0.2, -0.15) is 0 Å². The van der Waals surface area contributed by atoms with Gasteiger partial charge in [0.25, 0.3) is 0 Å². The molecule has 0 spiro atoms. The van der Waals surface area contributed by atoms with Crippen LogP contribution in [0.5, 0.6) is 0 Å². The lowest BCUT2D eigenvalue weighted by Gasteiger charge is -2.17. The van der Waals surface area contributed by atoms with Crippen molar-refractivity contribution in [3.8, 4) is 0 Å². The molecule has 0 aliphatic carbocycles. The Morgan fingerprint density at radius 3 is 2.75 bits per heavy atom. The SMILES string of the molecule is CN(Cc1ccnc(C(=N)N)c1)Cc1ccccc1Cl. The van der Waals surface area contributed by atoms with Crippen molar-refractivity contribution in [2.45, 2.75) is 13.1 Å². The van der Waals surface area contributed by atoms with Gasteiger partial charge in [0.15, 0.2) is 0 Å². The van der Waals surface area contributed by atoms with Gasteiger partial charge >= 0.3 is 0 Å². The molecule has 2 aromatic rings. The van der Waals surface area contributed by atoms with Gasteiger partial charge in [-0.3, -0.25) is 15.3 Å². The number of rotatable bonds is 5. The normalized spacial score (nSPS) is 10.8. The molecule has 20 heavy (non-hydrogen) atoms. The van der Waals surface area contributed by atoms with Crippen molar-refractivity contribution in [2.75, 3.05) is 7.05 Å². The van der Waals surface area contributed by atoms with Crippen molar-refractivity contribution in [1.82, 2.24) is 9.88 Å². The van der Waals surface area contributed by atoms with E-state index in [4.69, 9.17) is 22.7 Å². The number of hydrogen-bond acceptors (Lipinski definition) is 3. The lowest BCUT2D eigenvalue weighted by atomic mass is 10.2. The summed E-state index contributed by atoms with van der Waals surface area (Å²) in [6.07, 6.45) is 1.68. The first-order chi connectivity index (χ1) is 9.56. The van der Waals surface area contributed by atoms with Gasteiger partial charge in [-0.15, -0.1) is 0 Å². The van der Waals surface area contributed by atoms with E-state index in [-0.39, 0.29) is 5.84 Å². The Morgan fingerprint density at radius 2 is 2.05 bits per heavy atom. The minimum absolute atomic E-state index is 0.0133. The molecule has 1 aromatic heterocycles. The number of amidine groups is 1. The number of pyridine rings is 1. The predicted molar refractivity (Wildman–Crippen MR) is 81.9 cm³/mol. The van der Waals surface area contributed by atoms with E-state index < -0.39 is 0 Å². The van der Waals surface area contributed by atoms with Gasteiger partial charge in [0.1, 0.15) is 11.5 Å². The molecule has 0 fully saturated rings. The molecule has 0 aliphatic heterocycles. The summed E-state index contributed by atoms with van der Waals surface area (Å²) in [6, 6.07) is 11.6. The largest absolute Gasteiger partial charge is 0.382 e. The number of aromatic nitrogens is 1. The Kier molecular flexibility index (Phi) is 4.71. The van der Waals surface area contributed by atoms with Gasteiger partial charge in [-0.1, -0.05) is 29.8 Å². The summed E-state index contributed by atoms with van der Waals surface area (Å²) in [5.74, 6) is -0.0133. The van der Waals surface area contributed by atoms with Gasteiger partial charge in [0, 0.05) is 24.3 Å². The number of nitrogen functional groups attached to an aromatic ring is 1. The van der Waals surface area contributed by atoms with Crippen molar-refractivity contribution in [3.63, 3.8) is 0 Å². The summed E-state index contributed by atoms with van der Waals surface area (Å²) in [5.41, 5.74) is 8.12. The zero-order valence-electron chi connectivity index (χ0n) is 11.3. The minimum atomic E-state index is -0.0133. The third-order valence-electron chi connectivity index (χ3n) is 2.95. The third-order valence-corrected chi connectivity index (χ3v) is 3.32. The Balaban J connectivity index is 2.05. The topological polar surface area (TPSA) is 66.0 Å². The Hall–Kier alpha value is -1.91. The summed E-state index contributed by atoms with van der Waals surface area (Å²) in [7, 11) is 2.02. The first-order valence-corrected chi connectivity index (χ1v) is 6.65. The van der Waals surface area contributed by atoms with Gasteiger partial charge in [-0.05, 0) is 36.4 Å². The van der Waals surface area contributed by atoms with Gasteiger partial charge in [0.05, 0.1) is 0 Å². The molecule has 1 heterocycles. The molecular weight excluding hydrogens is 272 g/mol. The second kappa shape index (κ2) is 6.50. The van der Waals surface area contributed by atoms with Crippen LogP contribution in [0.25, 0.3) is 0 Å². The average Bonchev–Trinajstić information content (AvgIpc) is 2.41. The second-order valence-corrected chi connectivity index (χ2v) is 5.13. The van der Waals surface area contributed by atoms with E-state index in [1.807, 2.05) is 43.4 Å². The maximum Gasteiger partial charge on any atom is 0.141 e. The van der Waals surface area contributed by atoms with Crippen LogP contribution in [0.3, 0.4) is 0 Å². The molecule has 0 atom stereocenters. The molecule has 2 rings (SSSR count). The van der Waals surface area contributed by atoms with Crippen LogP contribution < -0.4 is 5.73 Å². The highest BCUT2D eigenvalue weighted by atomic mass is 35.5. The van der Waals surface area contributed by atoms with Gasteiger partial charge < -0.3 is 5.73 Å². The summed E-state index contributed by atoms with van der Waals surface area (Å²) in [6.45, 7) is 1.51. The number of hydrogen-bond donors (Lipinski definition) is 2. The van der Waals surface area contributed by atoms with E-state index in [1.54, 1.807) is 6.20 Å². The molecule has 104 valence electrons.